The van der Waals surface area contributed by atoms with Gasteiger partial charge in [-0.15, -0.1) is 0 Å². The fourth-order valence-electron chi connectivity index (χ4n) is 1.74. The van der Waals surface area contributed by atoms with Crippen LogP contribution in [0.5, 0.6) is 5.75 Å². The van der Waals surface area contributed by atoms with Gasteiger partial charge in [0.25, 0.3) is 0 Å². The van der Waals surface area contributed by atoms with Gasteiger partial charge >= 0.3 is 5.69 Å². The Labute approximate surface area is 115 Å². The third-order valence-corrected chi connectivity index (χ3v) is 2.99. The fraction of sp³-hybridized carbons (Fsp3) is 0.462. The highest BCUT2D eigenvalue weighted by atomic mass is 19.1. The van der Waals surface area contributed by atoms with Crippen LogP contribution in [0.1, 0.15) is 19.8 Å². The van der Waals surface area contributed by atoms with Crippen LogP contribution in [-0.4, -0.2) is 23.1 Å². The van der Waals surface area contributed by atoms with Crippen molar-refractivity contribution in [2.24, 2.45) is 0 Å². The van der Waals surface area contributed by atoms with Gasteiger partial charge in [-0.1, -0.05) is 0 Å². The minimum atomic E-state index is -0.957. The van der Waals surface area contributed by atoms with Crippen LogP contribution in [0.15, 0.2) is 18.2 Å². The fourth-order valence-corrected chi connectivity index (χ4v) is 1.74. The maximum absolute atomic E-state index is 13.4. The molecule has 0 radical (unpaired) electrons. The van der Waals surface area contributed by atoms with Crippen LogP contribution >= 0.6 is 0 Å². The molecular weight excluding hydrogens is 265 g/mol. The number of benzene rings is 1. The Hall–Kier alpha value is -2.20. The predicted octanol–water partition coefficient (Wildman–Crippen LogP) is 2.15. The minimum Gasteiger partial charge on any atom is -0.490 e. The molecule has 1 saturated carbocycles. The standard InChI is InChI=1S/C13H14FN3O3/c1-13(7-15,16-9-2-3-9)8-20-10-4-5-12(17(18)19)11(14)6-10/h4-6,9,16H,2-3,8H2,1H3. The number of nitriles is 1. The first-order chi connectivity index (χ1) is 9.43. The molecule has 20 heavy (non-hydrogen) atoms. The van der Waals surface area contributed by atoms with E-state index in [2.05, 4.69) is 11.4 Å². The van der Waals surface area contributed by atoms with Crippen LogP contribution in [-0.2, 0) is 0 Å². The van der Waals surface area contributed by atoms with Gasteiger partial charge in [-0.05, 0) is 25.8 Å². The minimum absolute atomic E-state index is 0.0389. The Morgan fingerprint density at radius 1 is 1.65 bits per heavy atom. The molecule has 0 aliphatic heterocycles. The summed E-state index contributed by atoms with van der Waals surface area (Å²) in [5.41, 5.74) is -1.46. The van der Waals surface area contributed by atoms with E-state index < -0.39 is 22.0 Å². The summed E-state index contributed by atoms with van der Waals surface area (Å²) in [6, 6.07) is 5.77. The molecule has 2 rings (SSSR count). The molecule has 1 aromatic carbocycles. The molecule has 1 N–H and O–H groups in total. The Kier molecular flexibility index (Phi) is 3.86. The van der Waals surface area contributed by atoms with E-state index in [-0.39, 0.29) is 12.4 Å². The smallest absolute Gasteiger partial charge is 0.305 e. The third-order valence-electron chi connectivity index (χ3n) is 2.99. The summed E-state index contributed by atoms with van der Waals surface area (Å²) in [6.07, 6.45) is 2.06. The predicted molar refractivity (Wildman–Crippen MR) is 68.7 cm³/mol. The van der Waals surface area contributed by atoms with Crippen molar-refractivity contribution in [3.8, 4) is 11.8 Å². The highest BCUT2D eigenvalue weighted by Gasteiger charge is 2.33. The van der Waals surface area contributed by atoms with Crippen molar-refractivity contribution >= 4 is 5.69 Å². The zero-order valence-electron chi connectivity index (χ0n) is 10.9. The van der Waals surface area contributed by atoms with Crippen molar-refractivity contribution in [2.45, 2.75) is 31.3 Å². The van der Waals surface area contributed by atoms with Gasteiger partial charge in [-0.3, -0.25) is 15.4 Å². The molecule has 0 bridgehead atoms. The van der Waals surface area contributed by atoms with Crippen LogP contribution in [0.2, 0.25) is 0 Å². The van der Waals surface area contributed by atoms with Crippen LogP contribution in [0.4, 0.5) is 10.1 Å². The summed E-state index contributed by atoms with van der Waals surface area (Å²) in [5.74, 6) is -0.798. The Morgan fingerprint density at radius 3 is 2.85 bits per heavy atom. The Balaban J connectivity index is 2.01. The van der Waals surface area contributed by atoms with E-state index in [0.29, 0.717) is 6.04 Å². The molecule has 1 aliphatic carbocycles. The zero-order chi connectivity index (χ0) is 14.8. The summed E-state index contributed by atoms with van der Waals surface area (Å²) in [7, 11) is 0. The molecule has 6 nitrogen and oxygen atoms in total. The van der Waals surface area contributed by atoms with Crippen molar-refractivity contribution in [1.82, 2.24) is 5.32 Å². The number of nitro benzene ring substituents is 1. The summed E-state index contributed by atoms with van der Waals surface area (Å²) in [6.45, 7) is 1.74. The lowest BCUT2D eigenvalue weighted by molar-refractivity contribution is -0.387. The molecular formula is C13H14FN3O3. The largest absolute Gasteiger partial charge is 0.490 e. The zero-order valence-corrected chi connectivity index (χ0v) is 10.9. The van der Waals surface area contributed by atoms with Gasteiger partial charge in [0.15, 0.2) is 0 Å². The molecule has 0 saturated heterocycles. The van der Waals surface area contributed by atoms with Crippen LogP contribution < -0.4 is 10.1 Å². The van der Waals surface area contributed by atoms with Gasteiger partial charge in [0, 0.05) is 18.2 Å². The number of halogens is 1. The molecule has 1 unspecified atom stereocenters. The van der Waals surface area contributed by atoms with Crippen molar-refractivity contribution in [3.63, 3.8) is 0 Å². The number of hydrogen-bond acceptors (Lipinski definition) is 5. The summed E-state index contributed by atoms with van der Waals surface area (Å²) >= 11 is 0. The average molecular weight is 279 g/mol. The van der Waals surface area contributed by atoms with Gasteiger partial charge in [0.05, 0.1) is 11.0 Å². The maximum Gasteiger partial charge on any atom is 0.305 e. The van der Waals surface area contributed by atoms with Crippen molar-refractivity contribution in [2.75, 3.05) is 6.61 Å². The lowest BCUT2D eigenvalue weighted by atomic mass is 10.1. The first-order valence-electron chi connectivity index (χ1n) is 6.19. The van der Waals surface area contributed by atoms with E-state index in [4.69, 9.17) is 10.00 Å². The van der Waals surface area contributed by atoms with E-state index in [1.807, 2.05) is 0 Å². The molecule has 0 spiro atoms. The number of nitrogens with one attached hydrogen (secondary N) is 1. The summed E-state index contributed by atoms with van der Waals surface area (Å²) < 4.78 is 18.8. The molecule has 1 aromatic rings. The van der Waals surface area contributed by atoms with Crippen LogP contribution in [0, 0.1) is 27.3 Å². The Bertz CT molecular complexity index is 568. The van der Waals surface area contributed by atoms with E-state index >= 15 is 0 Å². The van der Waals surface area contributed by atoms with Gasteiger partial charge < -0.3 is 4.74 Å². The van der Waals surface area contributed by atoms with Gasteiger partial charge in [-0.25, -0.2) is 0 Å². The number of rotatable bonds is 6. The van der Waals surface area contributed by atoms with E-state index in [1.165, 1.54) is 6.07 Å². The summed E-state index contributed by atoms with van der Waals surface area (Å²) in [4.78, 5) is 9.70. The quantitative estimate of drug-likeness (QED) is 0.636. The maximum atomic E-state index is 13.4. The normalized spacial score (nSPS) is 17.1. The third kappa shape index (κ3) is 3.42. The van der Waals surface area contributed by atoms with E-state index in [0.717, 1.165) is 25.0 Å². The Morgan fingerprint density at radius 2 is 2.35 bits per heavy atom. The van der Waals surface area contributed by atoms with E-state index in [1.54, 1.807) is 6.92 Å². The highest BCUT2D eigenvalue weighted by molar-refractivity contribution is 5.38. The lowest BCUT2D eigenvalue weighted by Gasteiger charge is -2.23. The second-order valence-electron chi connectivity index (χ2n) is 5.02. The van der Waals surface area contributed by atoms with Crippen LogP contribution in [0.3, 0.4) is 0 Å². The summed E-state index contributed by atoms with van der Waals surface area (Å²) in [5, 5.41) is 22.8. The SMILES string of the molecule is CC(C#N)(COc1ccc([N+](=O)[O-])c(F)c1)NC1CC1. The number of ether oxygens (including phenoxy) is 1. The van der Waals surface area contributed by atoms with Crippen molar-refractivity contribution in [3.05, 3.63) is 34.1 Å². The lowest BCUT2D eigenvalue weighted by Crippen LogP contribution is -2.47. The first kappa shape index (κ1) is 14.2. The van der Waals surface area contributed by atoms with Gasteiger partial charge in [-0.2, -0.15) is 9.65 Å². The molecule has 7 heteroatoms. The number of hydrogen-bond donors (Lipinski definition) is 1. The van der Waals surface area contributed by atoms with Gasteiger partial charge in [0.2, 0.25) is 5.82 Å². The monoisotopic (exact) mass is 279 g/mol. The highest BCUT2D eigenvalue weighted by Crippen LogP contribution is 2.25. The molecule has 0 aromatic heterocycles. The number of nitro groups is 1. The van der Waals surface area contributed by atoms with Crippen molar-refractivity contribution in [1.29, 1.82) is 5.26 Å². The van der Waals surface area contributed by atoms with Gasteiger partial charge in [0.1, 0.15) is 17.9 Å². The second kappa shape index (κ2) is 5.43. The topological polar surface area (TPSA) is 88.2 Å². The molecule has 1 fully saturated rings. The molecule has 0 heterocycles. The van der Waals surface area contributed by atoms with E-state index in [9.17, 15) is 14.5 Å². The van der Waals surface area contributed by atoms with Crippen molar-refractivity contribution < 1.29 is 14.1 Å². The van der Waals surface area contributed by atoms with Crippen LogP contribution in [0.25, 0.3) is 0 Å². The molecule has 106 valence electrons. The molecule has 1 aliphatic rings. The number of nitrogens with zero attached hydrogens (tertiary/aromatic N) is 2. The second-order valence-corrected chi connectivity index (χ2v) is 5.02. The first-order valence-corrected chi connectivity index (χ1v) is 6.19. The molecule has 0 amide bonds. The average Bonchev–Trinajstić information content (AvgIpc) is 3.20. The molecule has 1 atom stereocenters.